The third-order valence-electron chi connectivity index (χ3n) is 3.69. The maximum absolute atomic E-state index is 3.43. The van der Waals surface area contributed by atoms with Gasteiger partial charge in [0.05, 0.1) is 0 Å². The topological polar surface area (TPSA) is 12.0 Å². The van der Waals surface area contributed by atoms with Gasteiger partial charge in [0.25, 0.3) is 0 Å². The molecule has 1 heteroatoms. The number of fused-ring (bicyclic) bond motifs is 1. The third-order valence-corrected chi connectivity index (χ3v) is 3.69. The molecule has 0 saturated heterocycles. The van der Waals surface area contributed by atoms with Gasteiger partial charge in [-0.2, -0.15) is 0 Å². The number of allylic oxidation sites excluding steroid dienone is 5. The van der Waals surface area contributed by atoms with Gasteiger partial charge in [-0.15, -0.1) is 0 Å². The van der Waals surface area contributed by atoms with Crippen LogP contribution < -0.4 is 5.32 Å². The quantitative estimate of drug-likeness (QED) is 0.691. The van der Waals surface area contributed by atoms with E-state index in [0.717, 1.165) is 12.5 Å². The maximum atomic E-state index is 3.43. The largest absolute Gasteiger partial charge is 0.390 e. The van der Waals surface area contributed by atoms with E-state index >= 15 is 0 Å². The molecule has 1 heterocycles. The predicted octanol–water partition coefficient (Wildman–Crippen LogP) is 3.80. The Kier molecular flexibility index (Phi) is 4.26. The van der Waals surface area contributed by atoms with Crippen molar-refractivity contribution in [3.63, 3.8) is 0 Å². The molecule has 1 nitrogen and oxygen atoms in total. The molecule has 2 atom stereocenters. The standard InChI is InChI=1S/C15H23N/c1-2-3-4-5-8-13-11-16-12-14-9-6-7-10-15(13)14/h6-7,9-10,12-13,15-16H,2-5,8,11H2,1H3. The lowest BCUT2D eigenvalue weighted by atomic mass is 9.79. The number of nitrogens with one attached hydrogen (secondary N) is 1. The van der Waals surface area contributed by atoms with Crippen LogP contribution in [0.25, 0.3) is 0 Å². The normalized spacial score (nSPS) is 27.2. The summed E-state index contributed by atoms with van der Waals surface area (Å²) in [5.41, 5.74) is 1.47. The molecule has 2 rings (SSSR count). The molecular formula is C15H23N. The first-order valence-corrected chi connectivity index (χ1v) is 6.70. The van der Waals surface area contributed by atoms with E-state index in [1.54, 1.807) is 0 Å². The van der Waals surface area contributed by atoms with Crippen LogP contribution in [0.15, 0.2) is 36.1 Å². The van der Waals surface area contributed by atoms with Crippen molar-refractivity contribution in [1.29, 1.82) is 0 Å². The highest BCUT2D eigenvalue weighted by atomic mass is 14.9. The zero-order valence-corrected chi connectivity index (χ0v) is 10.3. The van der Waals surface area contributed by atoms with E-state index in [0.29, 0.717) is 5.92 Å². The first kappa shape index (κ1) is 11.5. The van der Waals surface area contributed by atoms with Crippen LogP contribution >= 0.6 is 0 Å². The van der Waals surface area contributed by atoms with Gasteiger partial charge in [-0.3, -0.25) is 0 Å². The minimum atomic E-state index is 0.674. The van der Waals surface area contributed by atoms with E-state index in [1.165, 1.54) is 37.7 Å². The summed E-state index contributed by atoms with van der Waals surface area (Å²) >= 11 is 0. The van der Waals surface area contributed by atoms with Crippen LogP contribution in [0.4, 0.5) is 0 Å². The van der Waals surface area contributed by atoms with Crippen LogP contribution in [0, 0.1) is 11.8 Å². The van der Waals surface area contributed by atoms with Gasteiger partial charge in [0.1, 0.15) is 0 Å². The van der Waals surface area contributed by atoms with E-state index in [9.17, 15) is 0 Å². The lowest BCUT2D eigenvalue weighted by molar-refractivity contribution is 0.366. The first-order valence-electron chi connectivity index (χ1n) is 6.70. The molecule has 2 aliphatic rings. The highest BCUT2D eigenvalue weighted by Gasteiger charge is 2.24. The summed E-state index contributed by atoms with van der Waals surface area (Å²) in [4.78, 5) is 0. The second kappa shape index (κ2) is 5.93. The summed E-state index contributed by atoms with van der Waals surface area (Å²) in [6.07, 6.45) is 18.0. The van der Waals surface area contributed by atoms with Crippen LogP contribution in [-0.4, -0.2) is 6.54 Å². The number of hydrogen-bond acceptors (Lipinski definition) is 1. The van der Waals surface area contributed by atoms with Gasteiger partial charge in [0.15, 0.2) is 0 Å². The highest BCUT2D eigenvalue weighted by Crippen LogP contribution is 2.31. The average Bonchev–Trinajstić information content (AvgIpc) is 2.35. The minimum Gasteiger partial charge on any atom is -0.390 e. The molecule has 0 amide bonds. The van der Waals surface area contributed by atoms with Gasteiger partial charge in [-0.05, 0) is 17.9 Å². The Hall–Kier alpha value is -0.980. The SMILES string of the molecule is CCCCCCC1CNC=C2C=CC=CC21. The van der Waals surface area contributed by atoms with E-state index < -0.39 is 0 Å². The molecule has 1 aliphatic carbocycles. The van der Waals surface area contributed by atoms with E-state index in [2.05, 4.69) is 42.7 Å². The van der Waals surface area contributed by atoms with Gasteiger partial charge in [-0.25, -0.2) is 0 Å². The zero-order valence-electron chi connectivity index (χ0n) is 10.3. The van der Waals surface area contributed by atoms with Crippen molar-refractivity contribution >= 4 is 0 Å². The monoisotopic (exact) mass is 217 g/mol. The molecule has 0 radical (unpaired) electrons. The predicted molar refractivity (Wildman–Crippen MR) is 70.1 cm³/mol. The van der Waals surface area contributed by atoms with E-state index in [4.69, 9.17) is 0 Å². The molecule has 0 fully saturated rings. The molecule has 1 N–H and O–H groups in total. The lowest BCUT2D eigenvalue weighted by Gasteiger charge is -2.31. The van der Waals surface area contributed by atoms with E-state index in [-0.39, 0.29) is 0 Å². The molecule has 88 valence electrons. The summed E-state index contributed by atoms with van der Waals surface area (Å²) in [7, 11) is 0. The molecule has 0 aromatic rings. The fourth-order valence-corrected chi connectivity index (χ4v) is 2.72. The second-order valence-electron chi connectivity index (χ2n) is 4.93. The number of hydrogen-bond donors (Lipinski definition) is 1. The van der Waals surface area contributed by atoms with Gasteiger partial charge in [0, 0.05) is 18.7 Å². The van der Waals surface area contributed by atoms with Crippen molar-refractivity contribution in [1.82, 2.24) is 5.32 Å². The maximum Gasteiger partial charge on any atom is 0.0178 e. The number of unbranched alkanes of at least 4 members (excludes halogenated alkanes) is 3. The summed E-state index contributed by atoms with van der Waals surface area (Å²) in [5, 5.41) is 3.43. The molecule has 2 unspecified atom stereocenters. The van der Waals surface area contributed by atoms with Crippen LogP contribution in [0.2, 0.25) is 0 Å². The summed E-state index contributed by atoms with van der Waals surface area (Å²) in [6, 6.07) is 0. The lowest BCUT2D eigenvalue weighted by Crippen LogP contribution is -2.31. The summed E-state index contributed by atoms with van der Waals surface area (Å²) < 4.78 is 0. The third kappa shape index (κ3) is 2.78. The zero-order chi connectivity index (χ0) is 11.2. The Morgan fingerprint density at radius 2 is 2.19 bits per heavy atom. The molecule has 0 aromatic carbocycles. The minimum absolute atomic E-state index is 0.674. The Bertz CT molecular complexity index is 299. The highest BCUT2D eigenvalue weighted by molar-refractivity contribution is 5.34. The fourth-order valence-electron chi connectivity index (χ4n) is 2.72. The van der Waals surface area contributed by atoms with Crippen LogP contribution in [0.3, 0.4) is 0 Å². The summed E-state index contributed by atoms with van der Waals surface area (Å²) in [6.45, 7) is 3.43. The molecule has 0 aromatic heterocycles. The first-order chi connectivity index (χ1) is 7.92. The van der Waals surface area contributed by atoms with Crippen LogP contribution in [0.5, 0.6) is 0 Å². The molecule has 0 saturated carbocycles. The molecular weight excluding hydrogens is 194 g/mol. The van der Waals surface area contributed by atoms with Gasteiger partial charge in [-0.1, -0.05) is 56.9 Å². The Morgan fingerprint density at radius 1 is 1.25 bits per heavy atom. The van der Waals surface area contributed by atoms with Crippen molar-refractivity contribution in [3.8, 4) is 0 Å². The van der Waals surface area contributed by atoms with Gasteiger partial charge >= 0.3 is 0 Å². The fraction of sp³-hybridized carbons (Fsp3) is 0.600. The van der Waals surface area contributed by atoms with Crippen molar-refractivity contribution < 1.29 is 0 Å². The molecule has 0 bridgehead atoms. The summed E-state index contributed by atoms with van der Waals surface area (Å²) in [5.74, 6) is 1.48. The molecule has 1 aliphatic heterocycles. The Morgan fingerprint density at radius 3 is 3.06 bits per heavy atom. The van der Waals surface area contributed by atoms with Crippen molar-refractivity contribution in [2.75, 3.05) is 6.54 Å². The van der Waals surface area contributed by atoms with Crippen LogP contribution in [0.1, 0.15) is 39.0 Å². The van der Waals surface area contributed by atoms with Gasteiger partial charge in [0.2, 0.25) is 0 Å². The second-order valence-corrected chi connectivity index (χ2v) is 4.93. The van der Waals surface area contributed by atoms with Crippen molar-refractivity contribution in [3.05, 3.63) is 36.1 Å². The smallest absolute Gasteiger partial charge is 0.0178 e. The van der Waals surface area contributed by atoms with Crippen LogP contribution in [-0.2, 0) is 0 Å². The van der Waals surface area contributed by atoms with E-state index in [1.807, 2.05) is 0 Å². The molecule has 0 spiro atoms. The Balaban J connectivity index is 1.84. The van der Waals surface area contributed by atoms with Crippen molar-refractivity contribution in [2.24, 2.45) is 11.8 Å². The van der Waals surface area contributed by atoms with Gasteiger partial charge < -0.3 is 5.32 Å². The Labute approximate surface area is 99.3 Å². The average molecular weight is 217 g/mol. The van der Waals surface area contributed by atoms with Crippen molar-refractivity contribution in [2.45, 2.75) is 39.0 Å². The molecule has 16 heavy (non-hydrogen) atoms. The number of rotatable bonds is 5.